The summed E-state index contributed by atoms with van der Waals surface area (Å²) in [6.45, 7) is 16.2. The number of carboxylic acids is 1. The summed E-state index contributed by atoms with van der Waals surface area (Å²) >= 11 is 0. The van der Waals surface area contributed by atoms with Crippen molar-refractivity contribution in [3.63, 3.8) is 0 Å². The standard InChI is InChI=1S/C31H47NO6Si/c1-30(2,3)37-29(35)32-26(20-22-14-11-10-12-15-22)27(38-39(8,9)31(4,5)6)21-24(28(33)34)18-23-16-13-17-25(19-23)36-7/h10-17,19,24,26-27H,18,20-21H2,1-9H3,(H,32,35)(H,33,34)/t24-,26+,27+/m1/s1. The highest BCUT2D eigenvalue weighted by Crippen LogP contribution is 2.39. The Hall–Kier alpha value is -2.84. The minimum Gasteiger partial charge on any atom is -0.497 e. The Balaban J connectivity index is 2.49. The van der Waals surface area contributed by atoms with Gasteiger partial charge in [-0.15, -0.1) is 0 Å². The molecule has 0 aromatic heterocycles. The number of carbonyl (C=O) groups is 2. The van der Waals surface area contributed by atoms with E-state index in [1.807, 2.05) is 75.4 Å². The third kappa shape index (κ3) is 10.7. The van der Waals surface area contributed by atoms with Gasteiger partial charge in [-0.1, -0.05) is 63.2 Å². The average Bonchev–Trinajstić information content (AvgIpc) is 2.81. The highest BCUT2D eigenvalue weighted by molar-refractivity contribution is 6.74. The molecule has 1 amide bonds. The lowest BCUT2D eigenvalue weighted by atomic mass is 9.89. The van der Waals surface area contributed by atoms with Crippen LogP contribution in [0.15, 0.2) is 54.6 Å². The molecule has 0 radical (unpaired) electrons. The van der Waals surface area contributed by atoms with Crippen LogP contribution in [-0.4, -0.2) is 50.3 Å². The third-order valence-corrected chi connectivity index (χ3v) is 11.7. The number of hydrogen-bond donors (Lipinski definition) is 2. The van der Waals surface area contributed by atoms with Gasteiger partial charge in [-0.3, -0.25) is 4.79 Å². The maximum absolute atomic E-state index is 13.0. The number of nitrogens with one attached hydrogen (secondary N) is 1. The summed E-state index contributed by atoms with van der Waals surface area (Å²) in [6, 6.07) is 16.8. The quantitative estimate of drug-likeness (QED) is 0.277. The Labute approximate surface area is 235 Å². The zero-order valence-corrected chi connectivity index (χ0v) is 26.0. The monoisotopic (exact) mass is 557 g/mol. The smallest absolute Gasteiger partial charge is 0.407 e. The topological polar surface area (TPSA) is 94.1 Å². The van der Waals surface area contributed by atoms with Gasteiger partial charge in [-0.25, -0.2) is 4.79 Å². The molecule has 2 aromatic rings. The fraction of sp³-hybridized carbons (Fsp3) is 0.548. The first kappa shape index (κ1) is 32.4. The lowest BCUT2D eigenvalue weighted by molar-refractivity contribution is -0.142. The maximum Gasteiger partial charge on any atom is 0.407 e. The van der Waals surface area contributed by atoms with Crippen molar-refractivity contribution in [1.82, 2.24) is 5.32 Å². The molecule has 0 saturated heterocycles. The van der Waals surface area contributed by atoms with Gasteiger partial charge >= 0.3 is 12.1 Å². The first-order chi connectivity index (χ1) is 18.0. The van der Waals surface area contributed by atoms with Crippen LogP contribution in [-0.2, 0) is 26.8 Å². The summed E-state index contributed by atoms with van der Waals surface area (Å²) in [5.74, 6) is -0.956. The van der Waals surface area contributed by atoms with E-state index in [1.54, 1.807) is 7.11 Å². The summed E-state index contributed by atoms with van der Waals surface area (Å²) in [5, 5.41) is 13.2. The van der Waals surface area contributed by atoms with Crippen molar-refractivity contribution in [2.24, 2.45) is 5.92 Å². The summed E-state index contributed by atoms with van der Waals surface area (Å²) < 4.78 is 17.9. The molecule has 0 fully saturated rings. The van der Waals surface area contributed by atoms with Gasteiger partial charge in [-0.2, -0.15) is 0 Å². The molecule has 2 aromatic carbocycles. The van der Waals surface area contributed by atoms with Crippen molar-refractivity contribution in [2.45, 2.75) is 96.7 Å². The number of methoxy groups -OCH3 is 1. The summed E-state index contributed by atoms with van der Waals surface area (Å²) in [4.78, 5) is 25.6. The largest absolute Gasteiger partial charge is 0.497 e. The predicted molar refractivity (Wildman–Crippen MR) is 158 cm³/mol. The second-order valence-electron chi connectivity index (χ2n) is 12.7. The minimum atomic E-state index is -2.36. The molecule has 0 unspecified atom stereocenters. The number of rotatable bonds is 12. The normalized spacial score (nSPS) is 14.7. The first-order valence-electron chi connectivity index (χ1n) is 13.6. The van der Waals surface area contributed by atoms with E-state index in [4.69, 9.17) is 13.9 Å². The van der Waals surface area contributed by atoms with Gasteiger partial charge in [0.15, 0.2) is 8.32 Å². The molecule has 216 valence electrons. The molecular formula is C31H47NO6Si. The van der Waals surface area contributed by atoms with Crippen LogP contribution in [0.4, 0.5) is 4.79 Å². The van der Waals surface area contributed by atoms with E-state index in [0.717, 1.165) is 11.1 Å². The molecule has 7 nitrogen and oxygen atoms in total. The number of carbonyl (C=O) groups excluding carboxylic acids is 1. The predicted octanol–water partition coefficient (Wildman–Crippen LogP) is 6.86. The van der Waals surface area contributed by atoms with Crippen molar-refractivity contribution < 1.29 is 28.6 Å². The van der Waals surface area contributed by atoms with Crippen molar-refractivity contribution in [2.75, 3.05) is 7.11 Å². The van der Waals surface area contributed by atoms with E-state index in [2.05, 4.69) is 39.2 Å². The van der Waals surface area contributed by atoms with Crippen molar-refractivity contribution >= 4 is 20.4 Å². The Kier molecular flexibility index (Phi) is 11.2. The van der Waals surface area contributed by atoms with Crippen LogP contribution < -0.4 is 10.1 Å². The molecule has 0 spiro atoms. The lowest BCUT2D eigenvalue weighted by Gasteiger charge is -2.42. The first-order valence-corrected chi connectivity index (χ1v) is 16.5. The number of carboxylic acid groups (broad SMARTS) is 1. The number of amides is 1. The molecule has 2 rings (SSSR count). The molecule has 2 N–H and O–H groups in total. The highest BCUT2D eigenvalue weighted by Gasteiger charge is 2.42. The third-order valence-electron chi connectivity index (χ3n) is 7.18. The van der Waals surface area contributed by atoms with Gasteiger partial charge in [0.25, 0.3) is 0 Å². The number of benzene rings is 2. The van der Waals surface area contributed by atoms with Gasteiger partial charge in [0, 0.05) is 0 Å². The second kappa shape index (κ2) is 13.5. The fourth-order valence-corrected chi connectivity index (χ4v) is 5.46. The van der Waals surface area contributed by atoms with E-state index in [9.17, 15) is 14.7 Å². The minimum absolute atomic E-state index is 0.111. The number of hydrogen-bond acceptors (Lipinski definition) is 5. The zero-order chi connectivity index (χ0) is 29.4. The molecule has 8 heteroatoms. The summed E-state index contributed by atoms with van der Waals surface area (Å²) in [7, 11) is -0.769. The maximum atomic E-state index is 13.0. The van der Waals surface area contributed by atoms with E-state index in [1.165, 1.54) is 0 Å². The Bertz CT molecular complexity index is 1070. The summed E-state index contributed by atoms with van der Waals surface area (Å²) in [6.07, 6.45) is -0.0803. The van der Waals surface area contributed by atoms with Gasteiger partial charge in [0.1, 0.15) is 11.4 Å². The Morgan fingerprint density at radius 2 is 1.54 bits per heavy atom. The van der Waals surface area contributed by atoms with Gasteiger partial charge in [-0.05, 0) is 81.4 Å². The fourth-order valence-electron chi connectivity index (χ4n) is 4.09. The van der Waals surface area contributed by atoms with E-state index >= 15 is 0 Å². The molecule has 0 aliphatic rings. The lowest BCUT2D eigenvalue weighted by Crippen LogP contribution is -2.54. The molecule has 3 atom stereocenters. The van der Waals surface area contributed by atoms with Gasteiger partial charge < -0.3 is 24.3 Å². The van der Waals surface area contributed by atoms with Crippen LogP contribution in [0.5, 0.6) is 5.75 Å². The molecule has 0 aliphatic carbocycles. The zero-order valence-electron chi connectivity index (χ0n) is 25.0. The molecule has 0 aliphatic heterocycles. The number of alkyl carbamates (subject to hydrolysis) is 1. The molecular weight excluding hydrogens is 510 g/mol. The van der Waals surface area contributed by atoms with Crippen LogP contribution in [0, 0.1) is 5.92 Å². The van der Waals surface area contributed by atoms with Crippen LogP contribution in [0.3, 0.4) is 0 Å². The van der Waals surface area contributed by atoms with Gasteiger partial charge in [0.2, 0.25) is 0 Å². The van der Waals surface area contributed by atoms with Crippen LogP contribution in [0.2, 0.25) is 18.1 Å². The van der Waals surface area contributed by atoms with E-state index in [-0.39, 0.29) is 11.5 Å². The molecule has 0 heterocycles. The van der Waals surface area contributed by atoms with Crippen molar-refractivity contribution in [1.29, 1.82) is 0 Å². The number of aliphatic carboxylic acids is 1. The Morgan fingerprint density at radius 3 is 2.08 bits per heavy atom. The average molecular weight is 558 g/mol. The SMILES string of the molecule is COc1cccc(C[C@H](C[C@H](O[Si](C)(C)C(C)(C)C)[C@H](Cc2ccccc2)NC(=O)OC(C)(C)C)C(=O)O)c1. The van der Waals surface area contributed by atoms with E-state index in [0.29, 0.717) is 18.6 Å². The highest BCUT2D eigenvalue weighted by atomic mass is 28.4. The van der Waals surface area contributed by atoms with E-state index < -0.39 is 44.0 Å². The van der Waals surface area contributed by atoms with Crippen LogP contribution in [0.25, 0.3) is 0 Å². The number of ether oxygens (including phenoxy) is 2. The molecule has 0 bridgehead atoms. The molecule has 39 heavy (non-hydrogen) atoms. The molecule has 0 saturated carbocycles. The summed E-state index contributed by atoms with van der Waals surface area (Å²) in [5.41, 5.74) is 1.21. The Morgan fingerprint density at radius 1 is 0.923 bits per heavy atom. The van der Waals surface area contributed by atoms with Gasteiger partial charge in [0.05, 0.1) is 25.2 Å². The van der Waals surface area contributed by atoms with Crippen molar-refractivity contribution in [3.8, 4) is 5.75 Å². The van der Waals surface area contributed by atoms with Crippen LogP contribution >= 0.6 is 0 Å². The second-order valence-corrected chi connectivity index (χ2v) is 17.4. The van der Waals surface area contributed by atoms with Crippen molar-refractivity contribution in [3.05, 3.63) is 65.7 Å². The van der Waals surface area contributed by atoms with Crippen LogP contribution in [0.1, 0.15) is 59.1 Å².